The van der Waals surface area contributed by atoms with Crippen molar-refractivity contribution in [3.63, 3.8) is 0 Å². The number of esters is 4. The molecule has 17 nitrogen and oxygen atoms in total. The average Bonchev–Trinajstić information content (AvgIpc) is 1.05. The van der Waals surface area contributed by atoms with E-state index in [1.165, 1.54) is 225 Å². The summed E-state index contributed by atoms with van der Waals surface area (Å²) in [6, 6.07) is 0. The standard InChI is InChI=1S/C78H152O17P2/c1-7-10-12-14-16-34-42-48-54-60-75(80)88-66-73(94-77(82)62-56-50-44-35-17-15-13-11-8-2)68-92-96(84,85)90-64-72(79)65-91-97(86,87)93-69-74(67-89-76(81)61-55-49-43-38-32-28-25-24-27-31-37-41-47-53-59-71(6)9-3)95-78(83)63-57-51-45-39-33-29-23-21-19-18-20-22-26-30-36-40-46-52-58-70(4)5/h70-74,79H,7-69H2,1-6H3,(H,84,85)(H,86,87)/t71?,72-,73+,74+/m0/s1. The molecule has 0 aliphatic rings. The summed E-state index contributed by atoms with van der Waals surface area (Å²) >= 11 is 0. The van der Waals surface area contributed by atoms with Gasteiger partial charge in [0.2, 0.25) is 0 Å². The van der Waals surface area contributed by atoms with Crippen LogP contribution in [0, 0.1) is 11.8 Å². The first kappa shape index (κ1) is 95.1. The Balaban J connectivity index is 5.17. The zero-order chi connectivity index (χ0) is 71.4. The van der Waals surface area contributed by atoms with Gasteiger partial charge < -0.3 is 33.8 Å². The second kappa shape index (κ2) is 69.8. The molecule has 0 aromatic rings. The van der Waals surface area contributed by atoms with E-state index in [0.717, 1.165) is 102 Å². The lowest BCUT2D eigenvalue weighted by Crippen LogP contribution is -2.30. The SMILES string of the molecule is CCCCCCCCCCCC(=O)OC[C@H](COP(=O)(O)OC[C@H](O)COP(=O)(O)OC[C@@H](COC(=O)CCCCCCCCCCCCCCCCC(C)CC)OC(=O)CCCCCCCCCCCCCCCCCCCCC(C)C)OC(=O)CCCCCCCCCCC. The summed E-state index contributed by atoms with van der Waals surface area (Å²) in [5.74, 6) is -0.445. The Bertz CT molecular complexity index is 1870. The number of aliphatic hydroxyl groups excluding tert-OH is 1. The molecule has 0 saturated carbocycles. The first-order valence-corrected chi connectivity index (χ1v) is 43.5. The first-order valence-electron chi connectivity index (χ1n) is 40.5. The number of hydrogen-bond acceptors (Lipinski definition) is 15. The summed E-state index contributed by atoms with van der Waals surface area (Å²) in [5.41, 5.74) is 0. The minimum Gasteiger partial charge on any atom is -0.462 e. The van der Waals surface area contributed by atoms with Crippen molar-refractivity contribution in [1.82, 2.24) is 0 Å². The molecule has 0 fully saturated rings. The Morgan fingerprint density at radius 2 is 0.526 bits per heavy atom. The van der Waals surface area contributed by atoms with Crippen molar-refractivity contribution in [2.24, 2.45) is 11.8 Å². The number of carbonyl (C=O) groups excluding carboxylic acids is 4. The van der Waals surface area contributed by atoms with Crippen LogP contribution < -0.4 is 0 Å². The Kier molecular flexibility index (Phi) is 68.4. The highest BCUT2D eigenvalue weighted by Gasteiger charge is 2.30. The topological polar surface area (TPSA) is 237 Å². The maximum Gasteiger partial charge on any atom is 0.472 e. The fraction of sp³-hybridized carbons (Fsp3) is 0.949. The van der Waals surface area contributed by atoms with E-state index in [2.05, 4.69) is 41.5 Å². The zero-order valence-electron chi connectivity index (χ0n) is 63.4. The minimum absolute atomic E-state index is 0.106. The molecular formula is C78H152O17P2. The van der Waals surface area contributed by atoms with Gasteiger partial charge in [-0.2, -0.15) is 0 Å². The average molecular weight is 1420 g/mol. The predicted molar refractivity (Wildman–Crippen MR) is 395 cm³/mol. The molecule has 0 spiro atoms. The minimum atomic E-state index is -4.96. The predicted octanol–water partition coefficient (Wildman–Crippen LogP) is 23.1. The van der Waals surface area contributed by atoms with Crippen LogP contribution in [0.1, 0.15) is 408 Å². The molecule has 0 amide bonds. The normalized spacial score (nSPS) is 14.2. The summed E-state index contributed by atoms with van der Waals surface area (Å²) in [7, 11) is -9.91. The molecule has 0 bridgehead atoms. The molecule has 0 rings (SSSR count). The van der Waals surface area contributed by atoms with E-state index in [9.17, 15) is 43.2 Å². The van der Waals surface area contributed by atoms with Crippen LogP contribution in [0.5, 0.6) is 0 Å². The number of rotatable bonds is 77. The van der Waals surface area contributed by atoms with Crippen molar-refractivity contribution in [2.45, 2.75) is 426 Å². The third kappa shape index (κ3) is 70.9. The Morgan fingerprint density at radius 1 is 0.299 bits per heavy atom. The van der Waals surface area contributed by atoms with Gasteiger partial charge >= 0.3 is 39.5 Å². The van der Waals surface area contributed by atoms with Gasteiger partial charge in [-0.05, 0) is 37.5 Å². The molecule has 0 saturated heterocycles. The van der Waals surface area contributed by atoms with Crippen LogP contribution in [0.3, 0.4) is 0 Å². The molecule has 97 heavy (non-hydrogen) atoms. The van der Waals surface area contributed by atoms with Crippen LogP contribution in [0.4, 0.5) is 0 Å². The van der Waals surface area contributed by atoms with E-state index in [4.69, 9.17) is 37.0 Å². The van der Waals surface area contributed by atoms with Crippen molar-refractivity contribution in [3.8, 4) is 0 Å². The van der Waals surface area contributed by atoms with E-state index in [0.29, 0.717) is 25.7 Å². The number of ether oxygens (including phenoxy) is 4. The lowest BCUT2D eigenvalue weighted by molar-refractivity contribution is -0.161. The Morgan fingerprint density at radius 3 is 0.784 bits per heavy atom. The highest BCUT2D eigenvalue weighted by molar-refractivity contribution is 7.47. The fourth-order valence-electron chi connectivity index (χ4n) is 12.0. The number of aliphatic hydroxyl groups is 1. The largest absolute Gasteiger partial charge is 0.472 e. The van der Waals surface area contributed by atoms with Gasteiger partial charge in [0.1, 0.15) is 19.3 Å². The summed E-state index contributed by atoms with van der Waals surface area (Å²) in [6.45, 7) is 9.67. The lowest BCUT2D eigenvalue weighted by atomic mass is 9.99. The third-order valence-electron chi connectivity index (χ3n) is 18.6. The van der Waals surface area contributed by atoms with Crippen LogP contribution in [0.2, 0.25) is 0 Å². The molecule has 0 aromatic carbocycles. The van der Waals surface area contributed by atoms with Gasteiger partial charge in [0.05, 0.1) is 26.4 Å². The van der Waals surface area contributed by atoms with Gasteiger partial charge in [0.25, 0.3) is 0 Å². The van der Waals surface area contributed by atoms with Crippen molar-refractivity contribution < 1.29 is 80.2 Å². The van der Waals surface area contributed by atoms with Gasteiger partial charge in [-0.15, -0.1) is 0 Å². The quantitative estimate of drug-likeness (QED) is 0.0222. The summed E-state index contributed by atoms with van der Waals surface area (Å²) < 4.78 is 68.5. The van der Waals surface area contributed by atoms with Crippen molar-refractivity contribution in [2.75, 3.05) is 39.6 Å². The molecule has 0 aliphatic heterocycles. The number of carbonyl (C=O) groups is 4. The second-order valence-corrected chi connectivity index (χ2v) is 31.7. The van der Waals surface area contributed by atoms with Gasteiger partial charge in [0.15, 0.2) is 12.2 Å². The van der Waals surface area contributed by atoms with Crippen LogP contribution in [-0.2, 0) is 65.4 Å². The van der Waals surface area contributed by atoms with Crippen LogP contribution in [-0.4, -0.2) is 96.7 Å². The van der Waals surface area contributed by atoms with Crippen molar-refractivity contribution in [1.29, 1.82) is 0 Å². The van der Waals surface area contributed by atoms with Crippen molar-refractivity contribution >= 4 is 39.5 Å². The number of hydrogen-bond donors (Lipinski definition) is 3. The van der Waals surface area contributed by atoms with E-state index in [1.54, 1.807) is 0 Å². The lowest BCUT2D eigenvalue weighted by Gasteiger charge is -2.21. The zero-order valence-corrected chi connectivity index (χ0v) is 65.2. The van der Waals surface area contributed by atoms with Gasteiger partial charge in [0, 0.05) is 25.7 Å². The maximum atomic E-state index is 13.1. The molecule has 0 heterocycles. The van der Waals surface area contributed by atoms with Crippen LogP contribution in [0.15, 0.2) is 0 Å². The molecule has 19 heteroatoms. The molecule has 3 N–H and O–H groups in total. The van der Waals surface area contributed by atoms with Crippen LogP contribution in [0.25, 0.3) is 0 Å². The highest BCUT2D eigenvalue weighted by Crippen LogP contribution is 2.45. The molecule has 0 radical (unpaired) electrons. The molecule has 576 valence electrons. The Labute approximate surface area is 594 Å². The van der Waals surface area contributed by atoms with E-state index < -0.39 is 97.5 Å². The molecule has 6 atom stereocenters. The fourth-order valence-corrected chi connectivity index (χ4v) is 13.6. The summed E-state index contributed by atoms with van der Waals surface area (Å²) in [4.78, 5) is 72.7. The van der Waals surface area contributed by atoms with Gasteiger partial charge in [-0.3, -0.25) is 37.3 Å². The second-order valence-electron chi connectivity index (χ2n) is 28.8. The van der Waals surface area contributed by atoms with Gasteiger partial charge in [-0.1, -0.05) is 356 Å². The first-order chi connectivity index (χ1) is 46.9. The van der Waals surface area contributed by atoms with E-state index >= 15 is 0 Å². The van der Waals surface area contributed by atoms with Crippen molar-refractivity contribution in [3.05, 3.63) is 0 Å². The molecule has 0 aromatic heterocycles. The monoisotopic (exact) mass is 1420 g/mol. The van der Waals surface area contributed by atoms with Crippen LogP contribution >= 0.6 is 15.6 Å². The number of phosphoric acid groups is 2. The highest BCUT2D eigenvalue weighted by atomic mass is 31.2. The van der Waals surface area contributed by atoms with E-state index in [-0.39, 0.29) is 25.7 Å². The molecule has 0 aliphatic carbocycles. The number of unbranched alkanes of at least 4 members (excludes halogenated alkanes) is 46. The Hall–Kier alpha value is -1.94. The molecular weight excluding hydrogens is 1270 g/mol. The summed E-state index contributed by atoms with van der Waals surface area (Å²) in [5, 5.41) is 10.6. The maximum absolute atomic E-state index is 13.1. The van der Waals surface area contributed by atoms with E-state index in [1.807, 2.05) is 0 Å². The number of phosphoric ester groups is 2. The summed E-state index contributed by atoms with van der Waals surface area (Å²) in [6.07, 6.45) is 58.3. The third-order valence-corrected chi connectivity index (χ3v) is 20.5. The molecule has 3 unspecified atom stereocenters. The smallest absolute Gasteiger partial charge is 0.462 e. The van der Waals surface area contributed by atoms with Gasteiger partial charge in [-0.25, -0.2) is 9.13 Å².